The van der Waals surface area contributed by atoms with E-state index >= 15 is 0 Å². The van der Waals surface area contributed by atoms with Crippen LogP contribution in [0.1, 0.15) is 18.4 Å². The molecule has 0 bridgehead atoms. The minimum atomic E-state index is -3.41. The number of anilines is 2. The van der Waals surface area contributed by atoms with Crippen molar-refractivity contribution in [1.82, 2.24) is 14.7 Å². The van der Waals surface area contributed by atoms with Gasteiger partial charge in [0.1, 0.15) is 5.82 Å². The molecule has 0 radical (unpaired) electrons. The van der Waals surface area contributed by atoms with Crippen LogP contribution < -0.4 is 14.9 Å². The van der Waals surface area contributed by atoms with Gasteiger partial charge in [0, 0.05) is 37.7 Å². The second-order valence-electron chi connectivity index (χ2n) is 6.93. The zero-order valence-corrected chi connectivity index (χ0v) is 16.9. The van der Waals surface area contributed by atoms with Crippen LogP contribution in [0.25, 0.3) is 0 Å². The Kier molecular flexibility index (Phi) is 6.95. The molecule has 29 heavy (non-hydrogen) atoms. The molecule has 3 rings (SSSR count). The smallest absolute Gasteiger partial charge is 0.229 e. The van der Waals surface area contributed by atoms with Crippen LogP contribution in [0.3, 0.4) is 0 Å². The predicted molar refractivity (Wildman–Crippen MR) is 113 cm³/mol. The molecule has 154 valence electrons. The van der Waals surface area contributed by atoms with Gasteiger partial charge in [-0.25, -0.2) is 18.1 Å². The van der Waals surface area contributed by atoms with Crippen LogP contribution in [0.5, 0.6) is 0 Å². The number of nitrogens with zero attached hydrogens (tertiary/aromatic N) is 3. The van der Waals surface area contributed by atoms with Crippen molar-refractivity contribution in [2.75, 3.05) is 29.9 Å². The number of hydrogen-bond acceptors (Lipinski definition) is 6. The quantitative estimate of drug-likeness (QED) is 0.639. The van der Waals surface area contributed by atoms with E-state index in [0.717, 1.165) is 25.2 Å². The molecule has 1 amide bonds. The number of hydrogen-bond donors (Lipinski definition) is 2. The highest BCUT2D eigenvalue weighted by Crippen LogP contribution is 2.22. The zero-order chi connectivity index (χ0) is 20.7. The Morgan fingerprint density at radius 3 is 2.76 bits per heavy atom. The lowest BCUT2D eigenvalue weighted by molar-refractivity contribution is -0.120. The van der Waals surface area contributed by atoms with E-state index in [-0.39, 0.29) is 24.1 Å². The first-order valence-electron chi connectivity index (χ1n) is 9.46. The van der Waals surface area contributed by atoms with Gasteiger partial charge in [0.15, 0.2) is 0 Å². The molecule has 2 heterocycles. The molecule has 1 unspecified atom stereocenters. The van der Waals surface area contributed by atoms with E-state index < -0.39 is 10.0 Å². The van der Waals surface area contributed by atoms with E-state index in [9.17, 15) is 13.2 Å². The highest BCUT2D eigenvalue weighted by Gasteiger charge is 2.26. The maximum absolute atomic E-state index is 12.7. The third kappa shape index (κ3) is 6.10. The summed E-state index contributed by atoms with van der Waals surface area (Å²) in [6.45, 7) is 5.14. The lowest BCUT2D eigenvalue weighted by Crippen LogP contribution is -2.41. The lowest BCUT2D eigenvalue weighted by Gasteiger charge is -2.32. The Morgan fingerprint density at radius 1 is 1.28 bits per heavy atom. The summed E-state index contributed by atoms with van der Waals surface area (Å²) in [5, 5.41) is 2.93. The Hall–Kier alpha value is -2.78. The van der Waals surface area contributed by atoms with Gasteiger partial charge in [-0.05, 0) is 30.5 Å². The second-order valence-corrected chi connectivity index (χ2v) is 8.74. The maximum atomic E-state index is 12.7. The highest BCUT2D eigenvalue weighted by molar-refractivity contribution is 7.88. The molecular weight excluding hydrogens is 390 g/mol. The molecule has 1 atom stereocenters. The number of benzene rings is 1. The van der Waals surface area contributed by atoms with Gasteiger partial charge in [-0.1, -0.05) is 18.2 Å². The van der Waals surface area contributed by atoms with Crippen LogP contribution in [0, 0.1) is 5.92 Å². The van der Waals surface area contributed by atoms with E-state index in [1.54, 1.807) is 42.9 Å². The number of carbonyl (C=O) groups is 1. The van der Waals surface area contributed by atoms with Crippen LogP contribution in [-0.2, 0) is 20.6 Å². The van der Waals surface area contributed by atoms with Crippen molar-refractivity contribution in [1.29, 1.82) is 0 Å². The number of piperidine rings is 1. The third-order valence-corrected chi connectivity index (χ3v) is 6.01. The van der Waals surface area contributed by atoms with Crippen molar-refractivity contribution >= 4 is 27.4 Å². The monoisotopic (exact) mass is 415 g/mol. The molecule has 1 fully saturated rings. The number of nitrogens with one attached hydrogen (secondary N) is 2. The topological polar surface area (TPSA) is 104 Å². The Balaban J connectivity index is 1.57. The first kappa shape index (κ1) is 20.9. The standard InChI is InChI=1S/C20H25N5O3S/c1-2-9-23-29(27,28)15-16-5-7-18(8-6-16)24-20(26)17-4-3-12-25(14-17)19-13-21-10-11-22-19/h2,5-8,10-11,13,17,23H,1,3-4,9,12,14-15H2,(H,24,26). The number of rotatable bonds is 8. The molecule has 1 aromatic carbocycles. The molecule has 8 nitrogen and oxygen atoms in total. The minimum absolute atomic E-state index is 0.0494. The summed E-state index contributed by atoms with van der Waals surface area (Å²) in [6, 6.07) is 6.85. The summed E-state index contributed by atoms with van der Waals surface area (Å²) in [5.41, 5.74) is 1.29. The minimum Gasteiger partial charge on any atom is -0.355 e. The van der Waals surface area contributed by atoms with Crippen molar-refractivity contribution in [3.8, 4) is 0 Å². The van der Waals surface area contributed by atoms with E-state index in [2.05, 4.69) is 31.5 Å². The number of sulfonamides is 1. The van der Waals surface area contributed by atoms with E-state index in [0.29, 0.717) is 17.8 Å². The van der Waals surface area contributed by atoms with Crippen LogP contribution in [0.4, 0.5) is 11.5 Å². The van der Waals surface area contributed by atoms with Gasteiger partial charge in [0.25, 0.3) is 0 Å². The van der Waals surface area contributed by atoms with Crippen LogP contribution in [-0.4, -0.2) is 43.9 Å². The molecule has 0 spiro atoms. The Bertz CT molecular complexity index is 932. The molecule has 1 aromatic heterocycles. The number of aromatic nitrogens is 2. The lowest BCUT2D eigenvalue weighted by atomic mass is 9.97. The third-order valence-electron chi connectivity index (χ3n) is 4.69. The molecule has 0 saturated carbocycles. The van der Waals surface area contributed by atoms with Gasteiger partial charge in [-0.3, -0.25) is 9.78 Å². The molecule has 1 saturated heterocycles. The zero-order valence-electron chi connectivity index (χ0n) is 16.1. The molecule has 2 N–H and O–H groups in total. The maximum Gasteiger partial charge on any atom is 0.229 e. The van der Waals surface area contributed by atoms with Gasteiger partial charge in [0.2, 0.25) is 15.9 Å². The van der Waals surface area contributed by atoms with Crippen LogP contribution in [0.2, 0.25) is 0 Å². The predicted octanol–water partition coefficient (Wildman–Crippen LogP) is 1.94. The molecular formula is C20H25N5O3S. The number of carbonyl (C=O) groups excluding carboxylic acids is 1. The van der Waals surface area contributed by atoms with Crippen molar-refractivity contribution in [2.45, 2.75) is 18.6 Å². The largest absolute Gasteiger partial charge is 0.355 e. The average molecular weight is 416 g/mol. The fraction of sp³-hybridized carbons (Fsp3) is 0.350. The summed E-state index contributed by atoms with van der Waals surface area (Å²) < 4.78 is 26.3. The van der Waals surface area contributed by atoms with Gasteiger partial charge in [-0.15, -0.1) is 6.58 Å². The van der Waals surface area contributed by atoms with E-state index in [4.69, 9.17) is 0 Å². The summed E-state index contributed by atoms with van der Waals surface area (Å²) in [7, 11) is -3.41. The van der Waals surface area contributed by atoms with Gasteiger partial charge < -0.3 is 10.2 Å². The number of amides is 1. The van der Waals surface area contributed by atoms with E-state index in [1.165, 1.54) is 6.08 Å². The van der Waals surface area contributed by atoms with Crippen LogP contribution >= 0.6 is 0 Å². The van der Waals surface area contributed by atoms with E-state index in [1.807, 2.05) is 0 Å². The van der Waals surface area contributed by atoms with Crippen molar-refractivity contribution < 1.29 is 13.2 Å². The fourth-order valence-corrected chi connectivity index (χ4v) is 4.34. The normalized spacial score (nSPS) is 17.0. The molecule has 0 aliphatic carbocycles. The van der Waals surface area contributed by atoms with Crippen molar-refractivity contribution in [3.05, 3.63) is 61.1 Å². The summed E-state index contributed by atoms with van der Waals surface area (Å²) in [6.07, 6.45) is 8.19. The van der Waals surface area contributed by atoms with Crippen molar-refractivity contribution in [3.63, 3.8) is 0 Å². The molecule has 1 aliphatic heterocycles. The molecule has 2 aromatic rings. The fourth-order valence-electron chi connectivity index (χ4n) is 3.24. The molecule has 9 heteroatoms. The Labute approximate surface area is 171 Å². The summed E-state index contributed by atoms with van der Waals surface area (Å²) in [5.74, 6) is 0.464. The first-order chi connectivity index (χ1) is 14.0. The van der Waals surface area contributed by atoms with Gasteiger partial charge >= 0.3 is 0 Å². The van der Waals surface area contributed by atoms with Gasteiger partial charge in [-0.2, -0.15) is 0 Å². The highest BCUT2D eigenvalue weighted by atomic mass is 32.2. The second kappa shape index (κ2) is 9.62. The molecule has 1 aliphatic rings. The average Bonchev–Trinajstić information content (AvgIpc) is 2.74. The van der Waals surface area contributed by atoms with Crippen molar-refractivity contribution in [2.24, 2.45) is 5.92 Å². The first-order valence-corrected chi connectivity index (χ1v) is 11.1. The SMILES string of the molecule is C=CCNS(=O)(=O)Cc1ccc(NC(=O)C2CCCN(c3cnccn3)C2)cc1. The van der Waals surface area contributed by atoms with Gasteiger partial charge in [0.05, 0.1) is 17.9 Å². The summed E-state index contributed by atoms with van der Waals surface area (Å²) >= 11 is 0. The summed E-state index contributed by atoms with van der Waals surface area (Å²) in [4.78, 5) is 23.2. The van der Waals surface area contributed by atoms with Crippen LogP contribution in [0.15, 0.2) is 55.5 Å². The Morgan fingerprint density at radius 2 is 2.07 bits per heavy atom.